The number of carboxylic acids is 1. The Labute approximate surface area is 161 Å². The number of nitrogens with zero attached hydrogens (tertiary/aromatic N) is 1. The molecule has 0 saturated heterocycles. The monoisotopic (exact) mass is 380 g/mol. The van der Waals surface area contributed by atoms with Gasteiger partial charge in [-0.15, -0.1) is 11.3 Å². The van der Waals surface area contributed by atoms with E-state index in [-0.39, 0.29) is 12.3 Å². The fraction of sp³-hybridized carbons (Fsp3) is 0.190. The van der Waals surface area contributed by atoms with E-state index in [0.29, 0.717) is 12.8 Å². The average Bonchev–Trinajstić information content (AvgIpc) is 3.05. The van der Waals surface area contributed by atoms with Crippen molar-refractivity contribution in [1.29, 1.82) is 0 Å². The number of allylic oxidation sites excluding steroid dienone is 1. The summed E-state index contributed by atoms with van der Waals surface area (Å²) < 4.78 is 1.11. The summed E-state index contributed by atoms with van der Waals surface area (Å²) >= 11 is 1.61. The maximum atomic E-state index is 11.1. The summed E-state index contributed by atoms with van der Waals surface area (Å²) in [4.78, 5) is 26.7. The zero-order valence-electron chi connectivity index (χ0n) is 14.9. The number of nitrogens with one attached hydrogen (secondary N) is 1. The fourth-order valence-electron chi connectivity index (χ4n) is 2.75. The van der Waals surface area contributed by atoms with E-state index in [1.165, 1.54) is 6.92 Å². The Morgan fingerprint density at radius 3 is 2.52 bits per heavy atom. The van der Waals surface area contributed by atoms with Crippen molar-refractivity contribution >= 4 is 50.8 Å². The molecule has 0 aliphatic carbocycles. The minimum Gasteiger partial charge on any atom is -0.481 e. The van der Waals surface area contributed by atoms with Crippen LogP contribution in [0.5, 0.6) is 0 Å². The predicted molar refractivity (Wildman–Crippen MR) is 110 cm³/mol. The Kier molecular flexibility index (Phi) is 5.98. The van der Waals surface area contributed by atoms with Gasteiger partial charge in [0.25, 0.3) is 0 Å². The third-order valence-electron chi connectivity index (χ3n) is 3.98. The molecule has 1 heterocycles. The maximum Gasteiger partial charge on any atom is 0.303 e. The summed E-state index contributed by atoms with van der Waals surface area (Å²) in [5, 5.41) is 12.6. The van der Waals surface area contributed by atoms with Crippen molar-refractivity contribution < 1.29 is 14.7 Å². The lowest BCUT2D eigenvalue weighted by Gasteiger charge is -2.06. The first-order chi connectivity index (χ1) is 13.0. The Morgan fingerprint density at radius 1 is 1.11 bits per heavy atom. The number of benzene rings is 2. The number of aromatic nitrogens is 1. The molecule has 2 N–H and O–H groups in total. The van der Waals surface area contributed by atoms with E-state index in [1.54, 1.807) is 11.3 Å². The molecule has 5 nitrogen and oxygen atoms in total. The van der Waals surface area contributed by atoms with Crippen LogP contribution in [0.4, 0.5) is 5.69 Å². The topological polar surface area (TPSA) is 79.3 Å². The molecule has 0 spiro atoms. The van der Waals surface area contributed by atoms with E-state index in [0.717, 1.165) is 32.0 Å². The number of rotatable bonds is 7. The summed E-state index contributed by atoms with van der Waals surface area (Å²) in [6, 6.07) is 15.5. The van der Waals surface area contributed by atoms with E-state index in [9.17, 15) is 9.59 Å². The van der Waals surface area contributed by atoms with Crippen LogP contribution in [0.15, 0.2) is 48.5 Å². The van der Waals surface area contributed by atoms with Crippen molar-refractivity contribution in [1.82, 2.24) is 4.98 Å². The Balaban J connectivity index is 1.89. The molecule has 3 rings (SSSR count). The van der Waals surface area contributed by atoms with Crippen LogP contribution < -0.4 is 5.32 Å². The molecule has 3 aromatic rings. The lowest BCUT2D eigenvalue weighted by atomic mass is 10.0. The number of carboxylic acid groups (broad SMARTS) is 1. The van der Waals surface area contributed by atoms with Crippen molar-refractivity contribution in [3.8, 4) is 0 Å². The van der Waals surface area contributed by atoms with Crippen molar-refractivity contribution in [3.63, 3.8) is 0 Å². The molecule has 0 bridgehead atoms. The number of amides is 1. The third-order valence-corrected chi connectivity index (χ3v) is 5.09. The zero-order valence-corrected chi connectivity index (χ0v) is 15.8. The summed E-state index contributed by atoms with van der Waals surface area (Å²) in [5.41, 5.74) is 3.69. The van der Waals surface area contributed by atoms with Gasteiger partial charge in [0.05, 0.1) is 10.2 Å². The molecule has 0 radical (unpaired) electrons. The second kappa shape index (κ2) is 8.60. The third kappa shape index (κ3) is 5.24. The molecule has 0 atom stereocenters. The smallest absolute Gasteiger partial charge is 0.303 e. The maximum absolute atomic E-state index is 11.1. The van der Waals surface area contributed by atoms with Gasteiger partial charge in [0, 0.05) is 19.0 Å². The molecule has 1 amide bonds. The second-order valence-corrected chi connectivity index (χ2v) is 7.24. The van der Waals surface area contributed by atoms with Gasteiger partial charge in [0.1, 0.15) is 5.01 Å². The Morgan fingerprint density at radius 2 is 1.85 bits per heavy atom. The number of para-hydroxylation sites is 1. The summed E-state index contributed by atoms with van der Waals surface area (Å²) in [5.74, 6) is -0.902. The number of thiazole rings is 1. The van der Waals surface area contributed by atoms with Gasteiger partial charge in [-0.25, -0.2) is 4.98 Å². The van der Waals surface area contributed by atoms with Crippen LogP contribution in [0.1, 0.15) is 36.8 Å². The van der Waals surface area contributed by atoms with Crippen molar-refractivity contribution in [2.24, 2.45) is 0 Å². The standard InChI is InChI=1S/C21H20N2O3S/c1-14(24)22-17-11-9-15(10-12-17)13-16(5-4-8-20(25)26)21-23-18-6-2-3-7-19(18)27-21/h2-3,6-7,9-13H,4-5,8H2,1H3,(H,22,24)(H,25,26)/b16-13+. The highest BCUT2D eigenvalue weighted by molar-refractivity contribution is 7.19. The van der Waals surface area contributed by atoms with Crippen LogP contribution in [0.3, 0.4) is 0 Å². The van der Waals surface area contributed by atoms with Crippen molar-refractivity contribution in [2.75, 3.05) is 5.32 Å². The molecule has 2 aromatic carbocycles. The van der Waals surface area contributed by atoms with Crippen LogP contribution in [0, 0.1) is 0 Å². The minimum atomic E-state index is -0.793. The Bertz CT molecular complexity index is 957. The number of fused-ring (bicyclic) bond motifs is 1. The minimum absolute atomic E-state index is 0.109. The first kappa shape index (κ1) is 18.8. The molecule has 138 valence electrons. The van der Waals surface area contributed by atoms with E-state index >= 15 is 0 Å². The van der Waals surface area contributed by atoms with Gasteiger partial charge in [-0.3, -0.25) is 9.59 Å². The van der Waals surface area contributed by atoms with E-state index in [2.05, 4.69) is 5.32 Å². The second-order valence-electron chi connectivity index (χ2n) is 6.21. The average molecular weight is 380 g/mol. The number of carbonyl (C=O) groups is 2. The number of anilines is 1. The number of hydrogen-bond acceptors (Lipinski definition) is 4. The van der Waals surface area contributed by atoms with Crippen LogP contribution >= 0.6 is 11.3 Å². The molecular formula is C21H20N2O3S. The highest BCUT2D eigenvalue weighted by atomic mass is 32.1. The molecule has 0 aliphatic heterocycles. The highest BCUT2D eigenvalue weighted by Crippen LogP contribution is 2.31. The quantitative estimate of drug-likeness (QED) is 0.601. The largest absolute Gasteiger partial charge is 0.481 e. The van der Waals surface area contributed by atoms with Gasteiger partial charge in [0.15, 0.2) is 0 Å². The molecule has 0 unspecified atom stereocenters. The first-order valence-corrected chi connectivity index (χ1v) is 9.49. The van der Waals surface area contributed by atoms with Gasteiger partial charge in [-0.2, -0.15) is 0 Å². The summed E-state index contributed by atoms with van der Waals surface area (Å²) in [6.45, 7) is 1.47. The van der Waals surface area contributed by atoms with Crippen LogP contribution in [0.25, 0.3) is 21.9 Å². The van der Waals surface area contributed by atoms with Gasteiger partial charge >= 0.3 is 5.97 Å². The van der Waals surface area contributed by atoms with Crippen LogP contribution in [-0.2, 0) is 9.59 Å². The normalized spacial score (nSPS) is 11.5. The first-order valence-electron chi connectivity index (χ1n) is 8.67. The molecule has 27 heavy (non-hydrogen) atoms. The number of carbonyl (C=O) groups excluding carboxylic acids is 1. The van der Waals surface area contributed by atoms with Gasteiger partial charge in [0.2, 0.25) is 5.91 Å². The lowest BCUT2D eigenvalue weighted by molar-refractivity contribution is -0.137. The van der Waals surface area contributed by atoms with E-state index in [4.69, 9.17) is 10.1 Å². The van der Waals surface area contributed by atoms with Crippen molar-refractivity contribution in [3.05, 3.63) is 59.1 Å². The lowest BCUT2D eigenvalue weighted by Crippen LogP contribution is -2.05. The van der Waals surface area contributed by atoms with Crippen molar-refractivity contribution in [2.45, 2.75) is 26.2 Å². The van der Waals surface area contributed by atoms with Gasteiger partial charge in [-0.05, 0) is 54.3 Å². The number of aliphatic carboxylic acids is 1. The van der Waals surface area contributed by atoms with Gasteiger partial charge < -0.3 is 10.4 Å². The van der Waals surface area contributed by atoms with Crippen LogP contribution in [-0.4, -0.2) is 22.0 Å². The summed E-state index contributed by atoms with van der Waals surface area (Å²) in [6.07, 6.45) is 3.36. The Hall–Kier alpha value is -2.99. The molecule has 0 saturated carbocycles. The molecule has 0 fully saturated rings. The van der Waals surface area contributed by atoms with E-state index in [1.807, 2.05) is 54.6 Å². The molecular weight excluding hydrogens is 360 g/mol. The fourth-order valence-corrected chi connectivity index (χ4v) is 3.76. The predicted octanol–water partition coefficient (Wildman–Crippen LogP) is 5.05. The number of hydrogen-bond donors (Lipinski definition) is 2. The van der Waals surface area contributed by atoms with E-state index < -0.39 is 5.97 Å². The van der Waals surface area contributed by atoms with Gasteiger partial charge in [-0.1, -0.05) is 24.3 Å². The zero-order chi connectivity index (χ0) is 19.2. The summed E-state index contributed by atoms with van der Waals surface area (Å²) in [7, 11) is 0. The molecule has 1 aromatic heterocycles. The SMILES string of the molecule is CC(=O)Nc1ccc(/C=C(\CCCC(=O)O)c2nc3ccccc3s2)cc1. The molecule has 0 aliphatic rings. The molecule has 6 heteroatoms. The highest BCUT2D eigenvalue weighted by Gasteiger charge is 2.10. The van der Waals surface area contributed by atoms with Crippen LogP contribution in [0.2, 0.25) is 0 Å².